The SMILES string of the molecule is COc1ccc(OC)c(C(CCC(=O)Nc2ccccc2C)CS(=O)(=O)c2ccccc2)c1. The molecule has 0 aliphatic carbocycles. The second kappa shape index (κ2) is 11.0. The fraction of sp³-hybridized carbons (Fsp3) is 0.269. The van der Waals surface area contributed by atoms with Gasteiger partial charge < -0.3 is 14.8 Å². The van der Waals surface area contributed by atoms with Crippen molar-refractivity contribution in [2.24, 2.45) is 0 Å². The molecular formula is C26H29NO5S. The van der Waals surface area contributed by atoms with Gasteiger partial charge in [0, 0.05) is 23.6 Å². The fourth-order valence-corrected chi connectivity index (χ4v) is 5.35. The number of anilines is 1. The summed E-state index contributed by atoms with van der Waals surface area (Å²) in [5, 5.41) is 2.92. The molecule has 7 heteroatoms. The minimum atomic E-state index is -3.59. The maximum absolute atomic E-state index is 13.2. The maximum Gasteiger partial charge on any atom is 0.224 e. The fourth-order valence-electron chi connectivity index (χ4n) is 3.71. The number of hydrogen-bond acceptors (Lipinski definition) is 5. The highest BCUT2D eigenvalue weighted by Gasteiger charge is 2.26. The van der Waals surface area contributed by atoms with Crippen LogP contribution in [0.1, 0.15) is 29.9 Å². The standard InChI is InChI=1S/C26H29NO5S/c1-19-9-7-8-12-24(19)27-26(28)16-13-20(18-33(29,30)22-10-5-4-6-11-22)23-17-21(31-2)14-15-25(23)32-3/h4-12,14-15,17,20H,13,16,18H2,1-3H3,(H,27,28). The number of carbonyl (C=O) groups is 1. The number of sulfone groups is 1. The van der Waals surface area contributed by atoms with Crippen LogP contribution in [0.2, 0.25) is 0 Å². The van der Waals surface area contributed by atoms with E-state index in [0.717, 1.165) is 11.3 Å². The van der Waals surface area contributed by atoms with Crippen molar-refractivity contribution in [3.05, 3.63) is 83.9 Å². The summed E-state index contributed by atoms with van der Waals surface area (Å²) in [6.07, 6.45) is 0.483. The zero-order valence-electron chi connectivity index (χ0n) is 19.1. The van der Waals surface area contributed by atoms with Gasteiger partial charge in [0.2, 0.25) is 5.91 Å². The molecule has 3 rings (SSSR count). The van der Waals surface area contributed by atoms with E-state index in [0.29, 0.717) is 23.5 Å². The van der Waals surface area contributed by atoms with Crippen LogP contribution in [0.15, 0.2) is 77.7 Å². The van der Waals surface area contributed by atoms with Gasteiger partial charge in [0.05, 0.1) is 24.9 Å². The Morgan fingerprint density at radius 2 is 1.64 bits per heavy atom. The van der Waals surface area contributed by atoms with Crippen LogP contribution in [0.4, 0.5) is 5.69 Å². The molecule has 1 atom stereocenters. The van der Waals surface area contributed by atoms with Crippen molar-refractivity contribution in [1.29, 1.82) is 0 Å². The second-order valence-electron chi connectivity index (χ2n) is 7.80. The summed E-state index contributed by atoms with van der Waals surface area (Å²) in [5.74, 6) is 0.356. The molecule has 0 aliphatic heterocycles. The van der Waals surface area contributed by atoms with Crippen molar-refractivity contribution in [1.82, 2.24) is 0 Å². The number of ether oxygens (including phenoxy) is 2. The van der Waals surface area contributed by atoms with Crippen molar-refractivity contribution in [2.75, 3.05) is 25.3 Å². The topological polar surface area (TPSA) is 81.7 Å². The molecule has 1 unspecified atom stereocenters. The van der Waals surface area contributed by atoms with Gasteiger partial charge in [-0.2, -0.15) is 0 Å². The average Bonchev–Trinajstić information content (AvgIpc) is 2.83. The Kier molecular flexibility index (Phi) is 8.11. The molecule has 0 aliphatic rings. The lowest BCUT2D eigenvalue weighted by Crippen LogP contribution is -2.19. The summed E-state index contributed by atoms with van der Waals surface area (Å²) in [6, 6.07) is 21.2. The van der Waals surface area contributed by atoms with E-state index in [4.69, 9.17) is 9.47 Å². The molecule has 0 saturated heterocycles. The molecule has 3 aromatic carbocycles. The van der Waals surface area contributed by atoms with E-state index >= 15 is 0 Å². The van der Waals surface area contributed by atoms with E-state index in [1.54, 1.807) is 62.8 Å². The van der Waals surface area contributed by atoms with E-state index < -0.39 is 15.8 Å². The quantitative estimate of drug-likeness (QED) is 0.454. The first-order chi connectivity index (χ1) is 15.8. The van der Waals surface area contributed by atoms with Crippen LogP contribution < -0.4 is 14.8 Å². The first kappa shape index (κ1) is 24.3. The van der Waals surface area contributed by atoms with E-state index in [1.807, 2.05) is 31.2 Å². The van der Waals surface area contributed by atoms with Crippen LogP contribution in [0.5, 0.6) is 11.5 Å². The van der Waals surface area contributed by atoms with Crippen molar-refractivity contribution < 1.29 is 22.7 Å². The lowest BCUT2D eigenvalue weighted by atomic mass is 9.94. The van der Waals surface area contributed by atoms with E-state index in [1.165, 1.54) is 0 Å². The number of carbonyl (C=O) groups excluding carboxylic acids is 1. The van der Waals surface area contributed by atoms with Crippen molar-refractivity contribution in [2.45, 2.75) is 30.6 Å². The third-order valence-corrected chi connectivity index (χ3v) is 7.37. The van der Waals surface area contributed by atoms with Gasteiger partial charge in [0.15, 0.2) is 9.84 Å². The minimum absolute atomic E-state index is 0.155. The van der Waals surface area contributed by atoms with Gasteiger partial charge >= 0.3 is 0 Å². The molecule has 3 aromatic rings. The normalized spacial score (nSPS) is 12.1. The Balaban J connectivity index is 1.87. The Hall–Kier alpha value is -3.32. The maximum atomic E-state index is 13.2. The Bertz CT molecular complexity index is 1190. The Morgan fingerprint density at radius 1 is 0.939 bits per heavy atom. The lowest BCUT2D eigenvalue weighted by molar-refractivity contribution is -0.116. The van der Waals surface area contributed by atoms with Gasteiger partial charge in [-0.3, -0.25) is 4.79 Å². The highest BCUT2D eigenvalue weighted by molar-refractivity contribution is 7.91. The third-order valence-electron chi connectivity index (χ3n) is 5.54. The Morgan fingerprint density at radius 3 is 2.30 bits per heavy atom. The number of nitrogens with one attached hydrogen (secondary N) is 1. The first-order valence-corrected chi connectivity index (χ1v) is 12.3. The minimum Gasteiger partial charge on any atom is -0.497 e. The number of rotatable bonds is 10. The molecule has 0 bridgehead atoms. The molecule has 1 N–H and O–H groups in total. The molecule has 174 valence electrons. The smallest absolute Gasteiger partial charge is 0.224 e. The predicted octanol–water partition coefficient (Wildman–Crippen LogP) is 4.99. The molecule has 33 heavy (non-hydrogen) atoms. The number of benzene rings is 3. The van der Waals surface area contributed by atoms with Crippen molar-refractivity contribution in [3.63, 3.8) is 0 Å². The van der Waals surface area contributed by atoms with Crippen LogP contribution in [0.3, 0.4) is 0 Å². The van der Waals surface area contributed by atoms with Crippen LogP contribution in [-0.2, 0) is 14.6 Å². The average molecular weight is 468 g/mol. The van der Waals surface area contributed by atoms with E-state index in [2.05, 4.69) is 5.32 Å². The largest absolute Gasteiger partial charge is 0.497 e. The van der Waals surface area contributed by atoms with Crippen LogP contribution in [0, 0.1) is 6.92 Å². The van der Waals surface area contributed by atoms with Gasteiger partial charge in [0.25, 0.3) is 0 Å². The molecule has 1 amide bonds. The Labute approximate surface area is 195 Å². The highest BCUT2D eigenvalue weighted by atomic mass is 32.2. The van der Waals surface area contributed by atoms with Crippen LogP contribution in [0.25, 0.3) is 0 Å². The molecule has 0 radical (unpaired) electrons. The molecule has 0 aromatic heterocycles. The summed E-state index contributed by atoms with van der Waals surface area (Å²) in [4.78, 5) is 12.9. The van der Waals surface area contributed by atoms with Gasteiger partial charge in [-0.15, -0.1) is 0 Å². The van der Waals surface area contributed by atoms with E-state index in [9.17, 15) is 13.2 Å². The number of amides is 1. The molecular weight excluding hydrogens is 438 g/mol. The molecule has 0 fully saturated rings. The molecule has 0 spiro atoms. The molecule has 6 nitrogen and oxygen atoms in total. The molecule has 0 heterocycles. The number of aryl methyl sites for hydroxylation is 1. The van der Waals surface area contributed by atoms with Crippen molar-refractivity contribution in [3.8, 4) is 11.5 Å². The summed E-state index contributed by atoms with van der Waals surface area (Å²) in [7, 11) is -0.501. The highest BCUT2D eigenvalue weighted by Crippen LogP contribution is 2.35. The zero-order chi connectivity index (χ0) is 23.8. The third kappa shape index (κ3) is 6.35. The van der Waals surface area contributed by atoms with Crippen LogP contribution >= 0.6 is 0 Å². The van der Waals surface area contributed by atoms with Gasteiger partial charge in [-0.25, -0.2) is 8.42 Å². The van der Waals surface area contributed by atoms with Gasteiger partial charge in [-0.05, 0) is 55.3 Å². The zero-order valence-corrected chi connectivity index (χ0v) is 19.9. The second-order valence-corrected chi connectivity index (χ2v) is 9.84. The summed E-state index contributed by atoms with van der Waals surface area (Å²) < 4.78 is 37.2. The lowest BCUT2D eigenvalue weighted by Gasteiger charge is -2.21. The summed E-state index contributed by atoms with van der Waals surface area (Å²) in [6.45, 7) is 1.92. The first-order valence-electron chi connectivity index (χ1n) is 10.7. The number of methoxy groups -OCH3 is 2. The number of para-hydroxylation sites is 1. The predicted molar refractivity (Wildman–Crippen MR) is 130 cm³/mol. The summed E-state index contributed by atoms with van der Waals surface area (Å²) >= 11 is 0. The summed E-state index contributed by atoms with van der Waals surface area (Å²) in [5.41, 5.74) is 2.40. The van der Waals surface area contributed by atoms with Gasteiger partial charge in [0.1, 0.15) is 11.5 Å². The van der Waals surface area contributed by atoms with E-state index in [-0.39, 0.29) is 23.0 Å². The van der Waals surface area contributed by atoms with Gasteiger partial charge in [-0.1, -0.05) is 36.4 Å². The molecule has 0 saturated carbocycles. The monoisotopic (exact) mass is 467 g/mol. The van der Waals surface area contributed by atoms with Crippen molar-refractivity contribution >= 4 is 21.4 Å². The van der Waals surface area contributed by atoms with Crippen LogP contribution in [-0.4, -0.2) is 34.3 Å². The number of hydrogen-bond donors (Lipinski definition) is 1.